The second kappa shape index (κ2) is 12.7. The average Bonchev–Trinajstić information content (AvgIpc) is 3.56. The van der Waals surface area contributed by atoms with Crippen LogP contribution >= 0.6 is 0 Å². The van der Waals surface area contributed by atoms with Crippen LogP contribution in [0.5, 0.6) is 0 Å². The van der Waals surface area contributed by atoms with Crippen molar-refractivity contribution in [3.05, 3.63) is 162 Å². The van der Waals surface area contributed by atoms with Gasteiger partial charge in [-0.25, -0.2) is 15.0 Å². The molecule has 0 aliphatic heterocycles. The Morgan fingerprint density at radius 3 is 1.62 bits per heavy atom. The number of aryl methyl sites for hydroxylation is 2. The third-order valence-electron chi connectivity index (χ3n) is 10.2. The van der Waals surface area contributed by atoms with Gasteiger partial charge >= 0.3 is 0 Å². The van der Waals surface area contributed by atoms with Crippen molar-refractivity contribution in [2.24, 2.45) is 0 Å². The summed E-state index contributed by atoms with van der Waals surface area (Å²) in [7, 11) is 0. The van der Waals surface area contributed by atoms with Gasteiger partial charge in [-0.05, 0) is 76.1 Å². The Hall–Kier alpha value is -6.39. The van der Waals surface area contributed by atoms with Crippen LogP contribution in [0.15, 0.2) is 150 Å². The fourth-order valence-corrected chi connectivity index (χ4v) is 7.52. The fraction of sp³-hybridized carbons (Fsp3) is 0.122. The molecule has 53 heavy (non-hydrogen) atoms. The predicted octanol–water partition coefficient (Wildman–Crippen LogP) is 13.2. The standard InChI is InChI=1S/C49H39N3O/c1-30-27-31(2)29-35(28-30)37-25-26-42(39-12-7-6-11-38(37)39)47-50-46(34-19-17-32(18-20-34)33-21-23-36(24-22-33)49(3,4)5)51-48(52-47)43-15-10-14-41-40-13-8-9-16-44(40)53-45(41)43/h6-29H,1-5H3. The van der Waals surface area contributed by atoms with Crippen molar-refractivity contribution in [2.45, 2.75) is 40.0 Å². The lowest BCUT2D eigenvalue weighted by Crippen LogP contribution is -2.10. The lowest BCUT2D eigenvalue weighted by molar-refractivity contribution is 0.590. The molecule has 4 heteroatoms. The molecule has 0 bridgehead atoms. The lowest BCUT2D eigenvalue weighted by atomic mass is 9.86. The van der Waals surface area contributed by atoms with Gasteiger partial charge in [-0.1, -0.05) is 159 Å². The Balaban J connectivity index is 1.22. The number of benzene rings is 7. The number of aromatic nitrogens is 3. The van der Waals surface area contributed by atoms with Crippen molar-refractivity contribution in [3.63, 3.8) is 0 Å². The first-order valence-electron chi connectivity index (χ1n) is 18.2. The molecule has 0 radical (unpaired) electrons. The number of nitrogens with zero attached hydrogens (tertiary/aromatic N) is 3. The number of rotatable bonds is 5. The van der Waals surface area contributed by atoms with E-state index in [-0.39, 0.29) is 5.41 Å². The molecule has 0 saturated heterocycles. The van der Waals surface area contributed by atoms with Crippen LogP contribution in [0.1, 0.15) is 37.5 Å². The minimum absolute atomic E-state index is 0.106. The van der Waals surface area contributed by atoms with E-state index in [9.17, 15) is 0 Å². The molecule has 9 rings (SSSR count). The Morgan fingerprint density at radius 2 is 0.943 bits per heavy atom. The van der Waals surface area contributed by atoms with Gasteiger partial charge in [-0.2, -0.15) is 0 Å². The van der Waals surface area contributed by atoms with E-state index in [1.54, 1.807) is 0 Å². The highest BCUT2D eigenvalue weighted by atomic mass is 16.3. The number of hydrogen-bond donors (Lipinski definition) is 0. The van der Waals surface area contributed by atoms with E-state index in [1.807, 2.05) is 24.3 Å². The van der Waals surface area contributed by atoms with Crippen molar-refractivity contribution in [2.75, 3.05) is 0 Å². The molecule has 0 spiro atoms. The molecule has 9 aromatic rings. The van der Waals surface area contributed by atoms with Crippen LogP contribution in [0.25, 0.3) is 89.1 Å². The molecule has 0 atom stereocenters. The molecule has 4 nitrogen and oxygen atoms in total. The summed E-state index contributed by atoms with van der Waals surface area (Å²) >= 11 is 0. The largest absolute Gasteiger partial charge is 0.455 e. The highest BCUT2D eigenvalue weighted by Crippen LogP contribution is 2.39. The van der Waals surface area contributed by atoms with Crippen LogP contribution < -0.4 is 0 Å². The van der Waals surface area contributed by atoms with Crippen molar-refractivity contribution in [1.82, 2.24) is 15.0 Å². The first kappa shape index (κ1) is 32.5. The van der Waals surface area contributed by atoms with Crippen molar-refractivity contribution >= 4 is 32.7 Å². The lowest BCUT2D eigenvalue weighted by Gasteiger charge is -2.19. The van der Waals surface area contributed by atoms with Crippen LogP contribution in [0.4, 0.5) is 0 Å². The maximum absolute atomic E-state index is 6.48. The summed E-state index contributed by atoms with van der Waals surface area (Å²) in [5, 5.41) is 4.34. The van der Waals surface area contributed by atoms with Gasteiger partial charge < -0.3 is 4.42 Å². The average molecular weight is 686 g/mol. The zero-order valence-corrected chi connectivity index (χ0v) is 30.6. The number of furan rings is 1. The number of fused-ring (bicyclic) bond motifs is 4. The molecular formula is C49H39N3O. The van der Waals surface area contributed by atoms with Crippen LogP contribution in [0, 0.1) is 13.8 Å². The van der Waals surface area contributed by atoms with Gasteiger partial charge in [0.2, 0.25) is 0 Å². The van der Waals surface area contributed by atoms with Gasteiger partial charge in [0.25, 0.3) is 0 Å². The van der Waals surface area contributed by atoms with Gasteiger partial charge in [0.1, 0.15) is 11.2 Å². The van der Waals surface area contributed by atoms with E-state index in [4.69, 9.17) is 19.4 Å². The second-order valence-corrected chi connectivity index (χ2v) is 15.1. The minimum atomic E-state index is 0.106. The summed E-state index contributed by atoms with van der Waals surface area (Å²) in [4.78, 5) is 15.5. The van der Waals surface area contributed by atoms with Gasteiger partial charge in [-0.3, -0.25) is 0 Å². The van der Waals surface area contributed by atoms with E-state index >= 15 is 0 Å². The van der Waals surface area contributed by atoms with Gasteiger partial charge in [-0.15, -0.1) is 0 Å². The molecule has 0 N–H and O–H groups in total. The molecule has 2 heterocycles. The maximum Gasteiger partial charge on any atom is 0.167 e. The highest BCUT2D eigenvalue weighted by molar-refractivity contribution is 6.09. The zero-order chi connectivity index (χ0) is 36.3. The van der Waals surface area contributed by atoms with Crippen LogP contribution in [0.2, 0.25) is 0 Å². The van der Waals surface area contributed by atoms with Crippen LogP contribution in [0.3, 0.4) is 0 Å². The third kappa shape index (κ3) is 5.96. The van der Waals surface area contributed by atoms with Crippen molar-refractivity contribution in [3.8, 4) is 56.4 Å². The summed E-state index contributed by atoms with van der Waals surface area (Å²) in [5.74, 6) is 1.79. The van der Waals surface area contributed by atoms with Gasteiger partial charge in [0.15, 0.2) is 17.5 Å². The normalized spacial score (nSPS) is 11.9. The Bertz CT molecular complexity index is 2800. The maximum atomic E-state index is 6.48. The van der Waals surface area contributed by atoms with Gasteiger partial charge in [0, 0.05) is 21.9 Å². The van der Waals surface area contributed by atoms with E-state index in [0.717, 1.165) is 55.0 Å². The molecule has 0 fully saturated rings. The molecule has 0 unspecified atom stereocenters. The van der Waals surface area contributed by atoms with E-state index in [2.05, 4.69) is 156 Å². The molecule has 0 amide bonds. The number of para-hydroxylation sites is 2. The van der Waals surface area contributed by atoms with Crippen molar-refractivity contribution in [1.29, 1.82) is 0 Å². The summed E-state index contributed by atoms with van der Waals surface area (Å²) in [6.07, 6.45) is 0. The Morgan fingerprint density at radius 1 is 0.415 bits per heavy atom. The molecular weight excluding hydrogens is 647 g/mol. The predicted molar refractivity (Wildman–Crippen MR) is 220 cm³/mol. The first-order chi connectivity index (χ1) is 25.7. The zero-order valence-electron chi connectivity index (χ0n) is 30.6. The molecule has 0 saturated carbocycles. The smallest absolute Gasteiger partial charge is 0.167 e. The molecule has 2 aromatic heterocycles. The van der Waals surface area contributed by atoms with E-state index in [1.165, 1.54) is 33.4 Å². The van der Waals surface area contributed by atoms with Gasteiger partial charge in [0.05, 0.1) is 5.56 Å². The number of hydrogen-bond acceptors (Lipinski definition) is 4. The summed E-state index contributed by atoms with van der Waals surface area (Å²) in [5.41, 5.74) is 12.9. The van der Waals surface area contributed by atoms with Crippen LogP contribution in [-0.4, -0.2) is 15.0 Å². The monoisotopic (exact) mass is 685 g/mol. The molecule has 0 aliphatic carbocycles. The Labute approximate surface area is 309 Å². The summed E-state index contributed by atoms with van der Waals surface area (Å²) in [6.45, 7) is 11.0. The summed E-state index contributed by atoms with van der Waals surface area (Å²) in [6, 6.07) is 51.3. The second-order valence-electron chi connectivity index (χ2n) is 15.1. The van der Waals surface area contributed by atoms with E-state index < -0.39 is 0 Å². The quantitative estimate of drug-likeness (QED) is 0.181. The molecule has 256 valence electrons. The Kier molecular flexibility index (Phi) is 7.78. The van der Waals surface area contributed by atoms with Crippen LogP contribution in [-0.2, 0) is 5.41 Å². The fourth-order valence-electron chi connectivity index (χ4n) is 7.52. The SMILES string of the molecule is Cc1cc(C)cc(-c2ccc(-c3nc(-c4ccc(-c5ccc(C(C)(C)C)cc5)cc4)nc(-c4cccc5c4oc4ccccc45)n3)c3ccccc23)c1. The topological polar surface area (TPSA) is 51.8 Å². The van der Waals surface area contributed by atoms with Crippen molar-refractivity contribution < 1.29 is 4.42 Å². The molecule has 7 aromatic carbocycles. The molecule has 0 aliphatic rings. The highest BCUT2D eigenvalue weighted by Gasteiger charge is 2.20. The van der Waals surface area contributed by atoms with E-state index in [0.29, 0.717) is 17.5 Å². The first-order valence-corrected chi connectivity index (χ1v) is 18.2. The third-order valence-corrected chi connectivity index (χ3v) is 10.2. The minimum Gasteiger partial charge on any atom is -0.455 e. The summed E-state index contributed by atoms with van der Waals surface area (Å²) < 4.78 is 6.48.